The molecule has 0 bridgehead atoms. The predicted molar refractivity (Wildman–Crippen MR) is 66.9 cm³/mol. The van der Waals surface area contributed by atoms with E-state index in [1.807, 2.05) is 0 Å². The molecule has 0 radical (unpaired) electrons. The number of hydrogen-bond donors (Lipinski definition) is 3. The Hall–Kier alpha value is -1.61. The van der Waals surface area contributed by atoms with Gasteiger partial charge in [-0.05, 0) is 19.3 Å². The molecule has 0 spiro atoms. The Morgan fingerprint density at radius 3 is 2.55 bits per heavy atom. The second kappa shape index (κ2) is 5.80. The van der Waals surface area contributed by atoms with Gasteiger partial charge in [-0.1, -0.05) is 0 Å². The Morgan fingerprint density at radius 2 is 2.00 bits per heavy atom. The maximum atomic E-state index is 12.7. The first kappa shape index (κ1) is 14.8. The van der Waals surface area contributed by atoms with Gasteiger partial charge in [0.05, 0.1) is 6.10 Å². The van der Waals surface area contributed by atoms with Gasteiger partial charge < -0.3 is 15.5 Å². The van der Waals surface area contributed by atoms with Crippen LogP contribution in [0.1, 0.15) is 25.1 Å². The van der Waals surface area contributed by atoms with Crippen molar-refractivity contribution in [3.05, 3.63) is 11.9 Å². The van der Waals surface area contributed by atoms with Crippen LogP contribution >= 0.6 is 0 Å². The summed E-state index contributed by atoms with van der Waals surface area (Å²) in [6.45, 7) is 0. The van der Waals surface area contributed by atoms with Crippen LogP contribution in [0, 0.1) is 0 Å². The van der Waals surface area contributed by atoms with E-state index in [-0.39, 0.29) is 23.8 Å². The van der Waals surface area contributed by atoms with Crippen molar-refractivity contribution in [2.75, 3.05) is 17.9 Å². The normalized spacial score (nSPS) is 22.9. The minimum atomic E-state index is -4.62. The molecule has 112 valence electrons. The van der Waals surface area contributed by atoms with E-state index in [1.54, 1.807) is 7.11 Å². The van der Waals surface area contributed by atoms with Gasteiger partial charge in [-0.15, -0.1) is 0 Å². The number of hydrazine groups is 1. The fourth-order valence-corrected chi connectivity index (χ4v) is 2.22. The van der Waals surface area contributed by atoms with E-state index in [1.165, 1.54) is 6.07 Å². The minimum absolute atomic E-state index is 0.0292. The third kappa shape index (κ3) is 3.48. The molecule has 0 saturated heterocycles. The van der Waals surface area contributed by atoms with Crippen molar-refractivity contribution in [1.82, 2.24) is 9.97 Å². The molecule has 2 unspecified atom stereocenters. The molecule has 2 rings (SSSR count). The van der Waals surface area contributed by atoms with Gasteiger partial charge >= 0.3 is 6.18 Å². The number of ether oxygens (including phenoxy) is 1. The number of nitrogens with two attached hydrogens (primary N) is 1. The summed E-state index contributed by atoms with van der Waals surface area (Å²) in [6, 6.07) is 1.37. The molecular formula is C11H16F3N5O. The highest BCUT2D eigenvalue weighted by molar-refractivity contribution is 5.47. The Labute approximate surface area is 113 Å². The van der Waals surface area contributed by atoms with E-state index in [0.717, 1.165) is 19.3 Å². The highest BCUT2D eigenvalue weighted by Crippen LogP contribution is 2.29. The second-order valence-electron chi connectivity index (χ2n) is 4.62. The molecule has 1 aliphatic rings. The third-order valence-electron chi connectivity index (χ3n) is 3.20. The average Bonchev–Trinajstić information content (AvgIpc) is 2.85. The van der Waals surface area contributed by atoms with Crippen molar-refractivity contribution in [1.29, 1.82) is 0 Å². The van der Waals surface area contributed by atoms with Crippen LogP contribution in [0.2, 0.25) is 0 Å². The van der Waals surface area contributed by atoms with Crippen molar-refractivity contribution in [3.8, 4) is 0 Å². The van der Waals surface area contributed by atoms with Crippen molar-refractivity contribution in [3.63, 3.8) is 0 Å². The zero-order chi connectivity index (χ0) is 14.8. The molecule has 1 fully saturated rings. The molecule has 1 aromatic heterocycles. The lowest BCUT2D eigenvalue weighted by Crippen LogP contribution is -2.21. The molecule has 1 heterocycles. The molecule has 20 heavy (non-hydrogen) atoms. The molecule has 4 N–H and O–H groups in total. The van der Waals surface area contributed by atoms with Crippen LogP contribution in [0.15, 0.2) is 6.07 Å². The lowest BCUT2D eigenvalue weighted by atomic mass is 10.2. The van der Waals surface area contributed by atoms with Gasteiger partial charge in [-0.2, -0.15) is 13.2 Å². The summed E-state index contributed by atoms with van der Waals surface area (Å²) in [7, 11) is 1.62. The van der Waals surface area contributed by atoms with E-state index in [4.69, 9.17) is 10.6 Å². The summed E-state index contributed by atoms with van der Waals surface area (Å²) in [6.07, 6.45) is -2.08. The van der Waals surface area contributed by atoms with Crippen LogP contribution in [-0.4, -0.2) is 29.2 Å². The first-order valence-electron chi connectivity index (χ1n) is 6.14. The number of rotatable bonds is 4. The van der Waals surface area contributed by atoms with Gasteiger partial charge in [0.1, 0.15) is 11.6 Å². The molecule has 1 saturated carbocycles. The Balaban J connectivity index is 2.15. The second-order valence-corrected chi connectivity index (χ2v) is 4.62. The smallest absolute Gasteiger partial charge is 0.381 e. The van der Waals surface area contributed by atoms with Crippen LogP contribution in [0.4, 0.5) is 24.8 Å². The van der Waals surface area contributed by atoms with Crippen LogP contribution in [0.5, 0.6) is 0 Å². The van der Waals surface area contributed by atoms with Crippen molar-refractivity contribution in [2.24, 2.45) is 5.84 Å². The number of nitrogens with zero attached hydrogens (tertiary/aromatic N) is 2. The number of alkyl halides is 3. The van der Waals surface area contributed by atoms with Crippen molar-refractivity contribution >= 4 is 11.6 Å². The quantitative estimate of drug-likeness (QED) is 0.579. The first-order valence-corrected chi connectivity index (χ1v) is 6.14. The zero-order valence-corrected chi connectivity index (χ0v) is 10.9. The zero-order valence-electron chi connectivity index (χ0n) is 10.9. The summed E-state index contributed by atoms with van der Waals surface area (Å²) < 4.78 is 43.2. The number of hydrogen-bond acceptors (Lipinski definition) is 6. The molecule has 6 nitrogen and oxygen atoms in total. The molecular weight excluding hydrogens is 275 g/mol. The highest BCUT2D eigenvalue weighted by Gasteiger charge is 2.36. The first-order chi connectivity index (χ1) is 9.42. The summed E-state index contributed by atoms with van der Waals surface area (Å²) >= 11 is 0. The standard InChI is InChI=1S/C11H16F3N5O/c1-20-7-3-2-6(4-7)16-8-5-9(19-15)18-10(17-8)11(12,13)14/h5-7H,2-4,15H2,1H3,(H2,16,17,18,19). The largest absolute Gasteiger partial charge is 0.451 e. The SMILES string of the molecule is COC1CCC(Nc2cc(NN)nc(C(F)(F)F)n2)C1. The number of nitrogen functional groups attached to an aromatic ring is 1. The van der Waals surface area contributed by atoms with Crippen LogP contribution in [-0.2, 0) is 10.9 Å². The maximum Gasteiger partial charge on any atom is 0.451 e. The molecule has 1 aromatic rings. The van der Waals surface area contributed by atoms with Gasteiger partial charge in [0, 0.05) is 19.2 Å². The molecule has 9 heteroatoms. The van der Waals surface area contributed by atoms with Gasteiger partial charge in [-0.3, -0.25) is 0 Å². The Morgan fingerprint density at radius 1 is 1.30 bits per heavy atom. The third-order valence-corrected chi connectivity index (χ3v) is 3.20. The summed E-state index contributed by atoms with van der Waals surface area (Å²) in [5, 5.41) is 2.97. The number of nitrogens with one attached hydrogen (secondary N) is 2. The number of halogens is 3. The topological polar surface area (TPSA) is 85.1 Å². The number of aromatic nitrogens is 2. The maximum absolute atomic E-state index is 12.7. The van der Waals surface area contributed by atoms with Crippen LogP contribution < -0.4 is 16.6 Å². The summed E-state index contributed by atoms with van der Waals surface area (Å²) in [5.41, 5.74) is 2.11. The van der Waals surface area contributed by atoms with Crippen molar-refractivity contribution < 1.29 is 17.9 Å². The lowest BCUT2D eigenvalue weighted by Gasteiger charge is -2.15. The van der Waals surface area contributed by atoms with Gasteiger partial charge in [-0.25, -0.2) is 15.8 Å². The fraction of sp³-hybridized carbons (Fsp3) is 0.636. The number of anilines is 2. The monoisotopic (exact) mass is 291 g/mol. The lowest BCUT2D eigenvalue weighted by molar-refractivity contribution is -0.144. The Bertz CT molecular complexity index is 468. The summed E-state index contributed by atoms with van der Waals surface area (Å²) in [5.74, 6) is 3.91. The minimum Gasteiger partial charge on any atom is -0.381 e. The molecule has 0 aromatic carbocycles. The van der Waals surface area contributed by atoms with E-state index in [0.29, 0.717) is 0 Å². The highest BCUT2D eigenvalue weighted by atomic mass is 19.4. The van der Waals surface area contributed by atoms with Crippen molar-refractivity contribution in [2.45, 2.75) is 37.6 Å². The van der Waals surface area contributed by atoms with Gasteiger partial charge in [0.2, 0.25) is 5.82 Å². The fourth-order valence-electron chi connectivity index (χ4n) is 2.22. The summed E-state index contributed by atoms with van der Waals surface area (Å²) in [4.78, 5) is 6.78. The van der Waals surface area contributed by atoms with E-state index in [2.05, 4.69) is 20.7 Å². The molecule has 1 aliphatic carbocycles. The molecule has 0 amide bonds. The van der Waals surface area contributed by atoms with Gasteiger partial charge in [0.25, 0.3) is 0 Å². The van der Waals surface area contributed by atoms with E-state index < -0.39 is 12.0 Å². The molecule has 0 aliphatic heterocycles. The van der Waals surface area contributed by atoms with Crippen LogP contribution in [0.25, 0.3) is 0 Å². The van der Waals surface area contributed by atoms with Crippen LogP contribution in [0.3, 0.4) is 0 Å². The van der Waals surface area contributed by atoms with E-state index in [9.17, 15) is 13.2 Å². The Kier molecular flexibility index (Phi) is 4.29. The van der Waals surface area contributed by atoms with E-state index >= 15 is 0 Å². The average molecular weight is 291 g/mol. The number of methoxy groups -OCH3 is 1. The predicted octanol–water partition coefficient (Wildman–Crippen LogP) is 1.76. The molecule has 2 atom stereocenters. The van der Waals surface area contributed by atoms with Gasteiger partial charge in [0.15, 0.2) is 0 Å².